The average molecular weight is 399 g/mol. The first-order chi connectivity index (χ1) is 14.1. The third kappa shape index (κ3) is 4.25. The highest BCUT2D eigenvalue weighted by Gasteiger charge is 2.14. The average Bonchev–Trinajstić information content (AvgIpc) is 3.20. The van der Waals surface area contributed by atoms with Gasteiger partial charge < -0.3 is 10.4 Å². The van der Waals surface area contributed by atoms with Crippen LogP contribution >= 0.6 is 11.3 Å². The number of carbonyl (C=O) groups is 2. The molecule has 0 aliphatic rings. The van der Waals surface area contributed by atoms with Crippen molar-refractivity contribution < 1.29 is 14.7 Å². The number of carboxylic acid groups (broad SMARTS) is 1. The molecule has 1 amide bonds. The number of fused-ring (bicyclic) bond motifs is 1. The first-order valence-electron chi connectivity index (χ1n) is 8.99. The zero-order valence-corrected chi connectivity index (χ0v) is 16.1. The fraction of sp³-hybridized carbons (Fsp3) is 0. The number of amides is 1. The van der Waals surface area contributed by atoms with E-state index in [-0.39, 0.29) is 17.2 Å². The van der Waals surface area contributed by atoms with Crippen molar-refractivity contribution in [3.05, 3.63) is 100 Å². The molecule has 4 rings (SSSR count). The van der Waals surface area contributed by atoms with Crippen LogP contribution in [0.3, 0.4) is 0 Å². The molecular weight excluding hydrogens is 382 g/mol. The Bertz CT molecular complexity index is 1230. The third-order valence-corrected chi connectivity index (χ3v) is 5.40. The second kappa shape index (κ2) is 8.12. The van der Waals surface area contributed by atoms with Gasteiger partial charge in [-0.2, -0.15) is 0 Å². The number of nitrogens with one attached hydrogen (secondary N) is 1. The Morgan fingerprint density at radius 1 is 0.862 bits per heavy atom. The predicted molar refractivity (Wildman–Crippen MR) is 119 cm³/mol. The highest BCUT2D eigenvalue weighted by molar-refractivity contribution is 7.17. The van der Waals surface area contributed by atoms with Crippen molar-refractivity contribution in [2.24, 2.45) is 0 Å². The minimum atomic E-state index is -1.09. The standard InChI is InChI=1S/C24H17NO3S/c26-23(18-4-2-1-3-5-18)25-21-15-17(8-10-20(21)24(27)28)7-6-16-9-11-22-19(14-16)12-13-29-22/h1-15H,(H,25,26)(H,27,28). The molecule has 5 heteroatoms. The molecule has 0 atom stereocenters. The van der Waals surface area contributed by atoms with E-state index in [1.165, 1.54) is 16.2 Å². The molecule has 1 heterocycles. The van der Waals surface area contributed by atoms with Crippen molar-refractivity contribution in [1.29, 1.82) is 0 Å². The van der Waals surface area contributed by atoms with Crippen LogP contribution in [-0.4, -0.2) is 17.0 Å². The van der Waals surface area contributed by atoms with Gasteiger partial charge in [0, 0.05) is 10.3 Å². The summed E-state index contributed by atoms with van der Waals surface area (Å²) in [6.45, 7) is 0. The second-order valence-corrected chi connectivity index (χ2v) is 7.43. The third-order valence-electron chi connectivity index (χ3n) is 4.50. The van der Waals surface area contributed by atoms with Gasteiger partial charge in [-0.05, 0) is 64.4 Å². The topological polar surface area (TPSA) is 66.4 Å². The molecule has 2 N–H and O–H groups in total. The summed E-state index contributed by atoms with van der Waals surface area (Å²) in [5.74, 6) is -1.44. The van der Waals surface area contributed by atoms with Gasteiger partial charge >= 0.3 is 5.97 Å². The normalized spacial score (nSPS) is 11.0. The minimum Gasteiger partial charge on any atom is -0.478 e. The zero-order valence-electron chi connectivity index (χ0n) is 15.3. The van der Waals surface area contributed by atoms with Gasteiger partial charge in [0.15, 0.2) is 0 Å². The number of thiophene rings is 1. The van der Waals surface area contributed by atoms with E-state index in [1.807, 2.05) is 24.3 Å². The highest BCUT2D eigenvalue weighted by atomic mass is 32.1. The molecule has 0 saturated carbocycles. The van der Waals surface area contributed by atoms with Crippen molar-refractivity contribution in [2.45, 2.75) is 0 Å². The molecule has 1 aromatic heterocycles. The van der Waals surface area contributed by atoms with Gasteiger partial charge in [0.1, 0.15) is 0 Å². The van der Waals surface area contributed by atoms with Crippen LogP contribution in [-0.2, 0) is 0 Å². The van der Waals surface area contributed by atoms with Crippen molar-refractivity contribution >= 4 is 51.1 Å². The van der Waals surface area contributed by atoms with Crippen LogP contribution in [0.1, 0.15) is 31.8 Å². The molecule has 0 bridgehead atoms. The Kier molecular flexibility index (Phi) is 5.22. The van der Waals surface area contributed by atoms with Crippen molar-refractivity contribution in [1.82, 2.24) is 0 Å². The number of aromatic carboxylic acids is 1. The van der Waals surface area contributed by atoms with Crippen molar-refractivity contribution in [3.63, 3.8) is 0 Å². The first kappa shape index (κ1) is 18.7. The lowest BCUT2D eigenvalue weighted by Crippen LogP contribution is -2.14. The molecule has 29 heavy (non-hydrogen) atoms. The molecule has 142 valence electrons. The van der Waals surface area contributed by atoms with Crippen molar-refractivity contribution in [3.8, 4) is 0 Å². The van der Waals surface area contributed by atoms with E-state index in [0.29, 0.717) is 5.56 Å². The van der Waals surface area contributed by atoms with Crippen LogP contribution in [0.2, 0.25) is 0 Å². The zero-order chi connectivity index (χ0) is 20.2. The van der Waals surface area contributed by atoms with Gasteiger partial charge in [0.25, 0.3) is 5.91 Å². The monoisotopic (exact) mass is 399 g/mol. The Labute approximate surface area is 171 Å². The number of hydrogen-bond donors (Lipinski definition) is 2. The predicted octanol–water partition coefficient (Wildman–Crippen LogP) is 6.02. The highest BCUT2D eigenvalue weighted by Crippen LogP contribution is 2.24. The Morgan fingerprint density at radius 2 is 1.59 bits per heavy atom. The number of anilines is 1. The fourth-order valence-corrected chi connectivity index (χ4v) is 3.79. The maximum Gasteiger partial charge on any atom is 0.337 e. The van der Waals surface area contributed by atoms with E-state index < -0.39 is 5.97 Å². The second-order valence-electron chi connectivity index (χ2n) is 6.48. The van der Waals surface area contributed by atoms with E-state index in [9.17, 15) is 14.7 Å². The first-order valence-corrected chi connectivity index (χ1v) is 9.87. The SMILES string of the molecule is O=C(Nc1cc(C=Cc2ccc3sccc3c2)ccc1C(=O)O)c1ccccc1. The summed E-state index contributed by atoms with van der Waals surface area (Å²) in [6, 6.07) is 21.9. The molecule has 4 nitrogen and oxygen atoms in total. The summed E-state index contributed by atoms with van der Waals surface area (Å²) in [4.78, 5) is 24.0. The maximum absolute atomic E-state index is 12.5. The lowest BCUT2D eigenvalue weighted by atomic mass is 10.1. The summed E-state index contributed by atoms with van der Waals surface area (Å²) in [5, 5.41) is 15.4. The number of carbonyl (C=O) groups excluding carboxylic acids is 1. The molecule has 0 aliphatic heterocycles. The van der Waals surface area contributed by atoms with E-state index in [0.717, 1.165) is 11.1 Å². The van der Waals surface area contributed by atoms with Crippen LogP contribution < -0.4 is 5.32 Å². The molecule has 0 spiro atoms. The lowest BCUT2D eigenvalue weighted by molar-refractivity contribution is 0.0698. The summed E-state index contributed by atoms with van der Waals surface area (Å²) >= 11 is 1.70. The van der Waals surface area contributed by atoms with Crippen molar-refractivity contribution in [2.75, 3.05) is 5.32 Å². The molecule has 0 saturated heterocycles. The summed E-state index contributed by atoms with van der Waals surface area (Å²) in [6.07, 6.45) is 3.87. The van der Waals surface area contributed by atoms with E-state index in [2.05, 4.69) is 28.9 Å². The molecule has 0 aliphatic carbocycles. The lowest BCUT2D eigenvalue weighted by Gasteiger charge is -2.10. The summed E-state index contributed by atoms with van der Waals surface area (Å²) in [7, 11) is 0. The maximum atomic E-state index is 12.5. The molecule has 3 aromatic carbocycles. The van der Waals surface area contributed by atoms with Gasteiger partial charge in [0.2, 0.25) is 0 Å². The Balaban J connectivity index is 1.61. The van der Waals surface area contributed by atoms with E-state index in [1.54, 1.807) is 47.7 Å². The van der Waals surface area contributed by atoms with Gasteiger partial charge in [-0.3, -0.25) is 4.79 Å². The quantitative estimate of drug-likeness (QED) is 0.403. The number of rotatable bonds is 5. The minimum absolute atomic E-state index is 0.0473. The number of hydrogen-bond acceptors (Lipinski definition) is 3. The molecule has 0 unspecified atom stereocenters. The number of carboxylic acids is 1. The van der Waals surface area contributed by atoms with Crippen LogP contribution in [0.5, 0.6) is 0 Å². The van der Waals surface area contributed by atoms with Gasteiger partial charge in [-0.15, -0.1) is 11.3 Å². The van der Waals surface area contributed by atoms with Crippen LogP contribution in [0.15, 0.2) is 78.2 Å². The Morgan fingerprint density at radius 3 is 2.34 bits per heavy atom. The fourth-order valence-electron chi connectivity index (χ4n) is 3.02. The smallest absolute Gasteiger partial charge is 0.337 e. The number of benzene rings is 3. The summed E-state index contributed by atoms with van der Waals surface area (Å²) < 4.78 is 1.24. The summed E-state index contributed by atoms with van der Waals surface area (Å²) in [5.41, 5.74) is 2.62. The van der Waals surface area contributed by atoms with E-state index in [4.69, 9.17) is 0 Å². The molecular formula is C24H17NO3S. The van der Waals surface area contributed by atoms with Gasteiger partial charge in [0.05, 0.1) is 11.3 Å². The largest absolute Gasteiger partial charge is 0.478 e. The van der Waals surface area contributed by atoms with Crippen LogP contribution in [0.4, 0.5) is 5.69 Å². The van der Waals surface area contributed by atoms with Crippen LogP contribution in [0, 0.1) is 0 Å². The Hall–Kier alpha value is -3.70. The molecule has 0 radical (unpaired) electrons. The molecule has 4 aromatic rings. The van der Waals surface area contributed by atoms with Gasteiger partial charge in [-0.1, -0.05) is 42.5 Å². The van der Waals surface area contributed by atoms with Crippen LogP contribution in [0.25, 0.3) is 22.2 Å². The van der Waals surface area contributed by atoms with Gasteiger partial charge in [-0.25, -0.2) is 4.79 Å². The van der Waals surface area contributed by atoms with E-state index >= 15 is 0 Å². The molecule has 0 fully saturated rings.